The van der Waals surface area contributed by atoms with Gasteiger partial charge in [0.05, 0.1) is 21.4 Å². The predicted octanol–water partition coefficient (Wildman–Crippen LogP) is 1.76. The van der Waals surface area contributed by atoms with Crippen LogP contribution in [-0.2, 0) is 20.2 Å². The summed E-state index contributed by atoms with van der Waals surface area (Å²) >= 11 is 0. The van der Waals surface area contributed by atoms with E-state index in [4.69, 9.17) is 21.9 Å². The number of hydrogen-bond acceptors (Lipinski definition) is 9. The summed E-state index contributed by atoms with van der Waals surface area (Å²) in [4.78, 5) is 27.5. The number of nitro benzene ring substituents is 1. The number of rotatable bonds is 3. The summed E-state index contributed by atoms with van der Waals surface area (Å²) in [6.07, 6.45) is 2.94. The lowest BCUT2D eigenvalue weighted by atomic mass is 10.2. The van der Waals surface area contributed by atoms with E-state index in [1.54, 1.807) is 6.07 Å². The van der Waals surface area contributed by atoms with Gasteiger partial charge in [0.25, 0.3) is 5.69 Å². The van der Waals surface area contributed by atoms with Gasteiger partial charge in [-0.3, -0.25) is 29.2 Å². The van der Waals surface area contributed by atoms with Crippen LogP contribution in [0.4, 0.5) is 5.69 Å². The number of nitrogens with zero attached hydrogens (tertiary/aromatic N) is 2. The van der Waals surface area contributed by atoms with Crippen LogP contribution >= 0.6 is 0 Å². The third-order valence-corrected chi connectivity index (χ3v) is 5.76. The lowest BCUT2D eigenvalue weighted by Crippen LogP contribution is -2.06. The highest BCUT2D eigenvalue weighted by atomic mass is 32.3. The van der Waals surface area contributed by atoms with E-state index in [9.17, 15) is 23.3 Å². The van der Waals surface area contributed by atoms with E-state index in [1.165, 1.54) is 30.6 Å². The molecule has 15 heteroatoms. The van der Waals surface area contributed by atoms with Crippen LogP contribution in [0.3, 0.4) is 0 Å². The van der Waals surface area contributed by atoms with Crippen LogP contribution < -0.4 is 5.76 Å². The minimum atomic E-state index is -4.67. The molecular weight excluding hydrogens is 458 g/mol. The van der Waals surface area contributed by atoms with Crippen LogP contribution in [0.1, 0.15) is 0 Å². The van der Waals surface area contributed by atoms with E-state index in [-0.39, 0.29) is 16.0 Å². The first-order valence-electron chi connectivity index (χ1n) is 7.97. The Morgan fingerprint density at radius 3 is 2.39 bits per heavy atom. The molecule has 0 spiro atoms. The fourth-order valence-corrected chi connectivity index (χ4v) is 4.42. The lowest BCUT2D eigenvalue weighted by molar-refractivity contribution is -0.387. The normalized spacial score (nSPS) is 11.8. The summed E-state index contributed by atoms with van der Waals surface area (Å²) in [6.45, 7) is 0. The van der Waals surface area contributed by atoms with E-state index in [0.29, 0.717) is 10.8 Å². The van der Waals surface area contributed by atoms with E-state index >= 15 is 0 Å². The zero-order valence-corrected chi connectivity index (χ0v) is 16.6. The van der Waals surface area contributed by atoms with Crippen LogP contribution in [0, 0.1) is 10.1 Å². The highest BCUT2D eigenvalue weighted by Gasteiger charge is 2.30. The van der Waals surface area contributed by atoms with Crippen molar-refractivity contribution in [1.29, 1.82) is 0 Å². The first kappa shape index (κ1) is 22.0. The lowest BCUT2D eigenvalue weighted by Gasteiger charge is -2.08. The number of oxazole rings is 1. The van der Waals surface area contributed by atoms with Crippen molar-refractivity contribution >= 4 is 47.8 Å². The summed E-state index contributed by atoms with van der Waals surface area (Å²) < 4.78 is 62.7. The second kappa shape index (κ2) is 7.88. The summed E-state index contributed by atoms with van der Waals surface area (Å²) in [6, 6.07) is 8.06. The number of benzene rings is 2. The first-order chi connectivity index (χ1) is 14.4. The zero-order chi connectivity index (χ0) is 23.0. The highest BCUT2D eigenvalue weighted by Crippen LogP contribution is 2.35. The van der Waals surface area contributed by atoms with Crippen LogP contribution in [0.5, 0.6) is 0 Å². The number of hydrogen-bond donors (Lipinski definition) is 3. The van der Waals surface area contributed by atoms with Gasteiger partial charge in [0.1, 0.15) is 0 Å². The van der Waals surface area contributed by atoms with Gasteiger partial charge in [-0.05, 0) is 18.2 Å². The molecule has 13 nitrogen and oxygen atoms in total. The van der Waals surface area contributed by atoms with Crippen molar-refractivity contribution in [3.05, 3.63) is 69.5 Å². The number of nitrogens with one attached hydrogen (secondary N) is 1. The van der Waals surface area contributed by atoms with Gasteiger partial charge in [-0.1, -0.05) is 12.1 Å². The maximum atomic E-state index is 13.2. The molecule has 4 aromatic rings. The molecule has 0 aliphatic rings. The number of aromatic nitrogens is 2. The quantitative estimate of drug-likeness (QED) is 0.223. The Morgan fingerprint density at radius 1 is 1.06 bits per heavy atom. The number of aromatic amines is 1. The Morgan fingerprint density at radius 2 is 1.74 bits per heavy atom. The molecule has 0 unspecified atom stereocenters. The minimum Gasteiger partial charge on any atom is -0.408 e. The minimum absolute atomic E-state index is 0.0566. The Balaban J connectivity index is 0.000000491. The molecule has 2 aromatic carbocycles. The van der Waals surface area contributed by atoms with Crippen molar-refractivity contribution in [2.45, 2.75) is 9.79 Å². The molecule has 0 saturated heterocycles. The van der Waals surface area contributed by atoms with Crippen molar-refractivity contribution in [3.63, 3.8) is 0 Å². The summed E-state index contributed by atoms with van der Waals surface area (Å²) in [7, 11) is -8.92. The predicted molar refractivity (Wildman–Crippen MR) is 105 cm³/mol. The van der Waals surface area contributed by atoms with E-state index in [1.807, 2.05) is 0 Å². The average Bonchev–Trinajstić information content (AvgIpc) is 3.04. The molecule has 3 N–H and O–H groups in total. The molecule has 31 heavy (non-hydrogen) atoms. The molecule has 2 aromatic heterocycles. The van der Waals surface area contributed by atoms with Gasteiger partial charge in [-0.2, -0.15) is 8.42 Å². The van der Waals surface area contributed by atoms with Crippen LogP contribution in [0.2, 0.25) is 0 Å². The Bertz CT molecular complexity index is 1570. The molecule has 0 bridgehead atoms. The van der Waals surface area contributed by atoms with Crippen LogP contribution in [-0.4, -0.2) is 40.8 Å². The number of sulfone groups is 1. The van der Waals surface area contributed by atoms with Gasteiger partial charge in [-0.25, -0.2) is 13.2 Å². The van der Waals surface area contributed by atoms with Crippen molar-refractivity contribution in [2.75, 3.05) is 0 Å². The number of nitro groups is 1. The monoisotopic (exact) mass is 469 g/mol. The van der Waals surface area contributed by atoms with Crippen molar-refractivity contribution in [1.82, 2.24) is 9.97 Å². The maximum Gasteiger partial charge on any atom is 0.417 e. The molecule has 4 rings (SSSR count). The van der Waals surface area contributed by atoms with Crippen molar-refractivity contribution < 1.29 is 35.3 Å². The fraction of sp³-hybridized carbons (Fsp3) is 0. The zero-order valence-electron chi connectivity index (χ0n) is 15.0. The molecule has 0 fully saturated rings. The molecule has 2 heterocycles. The molecule has 0 aliphatic carbocycles. The Kier molecular flexibility index (Phi) is 5.60. The van der Waals surface area contributed by atoms with Gasteiger partial charge in [0, 0.05) is 23.2 Å². The molecule has 162 valence electrons. The van der Waals surface area contributed by atoms with Gasteiger partial charge in [-0.15, -0.1) is 0 Å². The summed E-state index contributed by atoms with van der Waals surface area (Å²) in [5, 5.41) is 12.4. The smallest absolute Gasteiger partial charge is 0.408 e. The van der Waals surface area contributed by atoms with E-state index in [0.717, 1.165) is 12.1 Å². The standard InChI is InChI=1S/C16H9N3O6S.H2O4S/c20-16-18-11-6-15(12(19(21)22)7-13(11)25-16)26(23,24)14-3-1-2-9-8-17-5-4-10(9)14;1-5(2,3)4/h1-8H,(H,18,20);(H2,1,2,3,4). The number of pyridine rings is 1. The van der Waals surface area contributed by atoms with Crippen molar-refractivity contribution in [2.24, 2.45) is 0 Å². The number of fused-ring (bicyclic) bond motifs is 2. The molecule has 0 saturated carbocycles. The van der Waals surface area contributed by atoms with Gasteiger partial charge in [0.15, 0.2) is 10.5 Å². The maximum absolute atomic E-state index is 13.2. The SMILES string of the molecule is O=S(=O)(O)O.O=c1[nH]c2cc(S(=O)(=O)c3cccc4cnccc34)c([N+](=O)[O-])cc2o1. The third kappa shape index (κ3) is 4.75. The Hall–Kier alpha value is -3.66. The second-order valence-electron chi connectivity index (χ2n) is 5.89. The Labute approximate surface area is 172 Å². The second-order valence-corrected chi connectivity index (χ2v) is 8.67. The van der Waals surface area contributed by atoms with Gasteiger partial charge in [0.2, 0.25) is 9.84 Å². The van der Waals surface area contributed by atoms with E-state index in [2.05, 4.69) is 9.97 Å². The van der Waals surface area contributed by atoms with Crippen molar-refractivity contribution in [3.8, 4) is 0 Å². The largest absolute Gasteiger partial charge is 0.417 e. The highest BCUT2D eigenvalue weighted by molar-refractivity contribution is 7.92. The first-order valence-corrected chi connectivity index (χ1v) is 10.8. The summed E-state index contributed by atoms with van der Waals surface area (Å²) in [5.41, 5.74) is -0.713. The topological polar surface area (TPSA) is 211 Å². The van der Waals surface area contributed by atoms with Gasteiger partial charge < -0.3 is 4.42 Å². The molecule has 0 radical (unpaired) electrons. The average molecular weight is 469 g/mol. The fourth-order valence-electron chi connectivity index (χ4n) is 2.77. The molecule has 0 aliphatic heterocycles. The van der Waals surface area contributed by atoms with Crippen LogP contribution in [0.15, 0.2) is 67.8 Å². The third-order valence-electron chi connectivity index (χ3n) is 3.92. The van der Waals surface area contributed by atoms with E-state index < -0.39 is 41.5 Å². The molecular formula is C16H11N3O10S2. The van der Waals surface area contributed by atoms with Crippen LogP contribution in [0.25, 0.3) is 21.9 Å². The van der Waals surface area contributed by atoms with Gasteiger partial charge >= 0.3 is 16.2 Å². The number of H-pyrrole nitrogens is 1. The molecule has 0 atom stereocenters. The molecule has 0 amide bonds. The summed E-state index contributed by atoms with van der Waals surface area (Å²) in [5.74, 6) is -0.833.